The highest BCUT2D eigenvalue weighted by Gasteiger charge is 2.28. The van der Waals surface area contributed by atoms with Gasteiger partial charge in [-0.05, 0) is 37.1 Å². The van der Waals surface area contributed by atoms with E-state index in [1.165, 1.54) is 18.4 Å². The number of imidazole rings is 1. The number of methoxy groups -OCH3 is 1. The van der Waals surface area contributed by atoms with Crippen LogP contribution >= 0.6 is 0 Å². The summed E-state index contributed by atoms with van der Waals surface area (Å²) in [6.45, 7) is 0. The normalized spacial score (nSPS) is 14.6. The van der Waals surface area contributed by atoms with Crippen molar-refractivity contribution in [3.8, 4) is 17.0 Å². The van der Waals surface area contributed by atoms with Crippen LogP contribution in [0.15, 0.2) is 42.9 Å². The van der Waals surface area contributed by atoms with Crippen molar-refractivity contribution in [2.24, 2.45) is 7.05 Å². The lowest BCUT2D eigenvalue weighted by Gasteiger charge is -2.01. The smallest absolute Gasteiger partial charge is 0.154 e. The number of nitrogens with one attached hydrogen (secondary N) is 1. The predicted molar refractivity (Wildman–Crippen MR) is 105 cm³/mol. The van der Waals surface area contributed by atoms with Crippen LogP contribution in [0.1, 0.15) is 24.6 Å². The van der Waals surface area contributed by atoms with Gasteiger partial charge in [0.2, 0.25) is 0 Å². The summed E-state index contributed by atoms with van der Waals surface area (Å²) in [5.41, 5.74) is 6.39. The average Bonchev–Trinajstić information content (AvgIpc) is 3.15. The Labute approximate surface area is 155 Å². The van der Waals surface area contributed by atoms with Gasteiger partial charge in [-0.1, -0.05) is 0 Å². The van der Waals surface area contributed by atoms with E-state index < -0.39 is 0 Å². The molecule has 6 heteroatoms. The molecule has 1 aromatic carbocycles. The van der Waals surface area contributed by atoms with E-state index in [2.05, 4.69) is 55.4 Å². The Bertz CT molecular complexity index is 1340. The molecule has 4 heterocycles. The fourth-order valence-electron chi connectivity index (χ4n) is 4.05. The Balaban J connectivity index is 1.63. The van der Waals surface area contributed by atoms with Gasteiger partial charge in [0.15, 0.2) is 5.65 Å². The number of benzene rings is 1. The first-order valence-corrected chi connectivity index (χ1v) is 9.21. The van der Waals surface area contributed by atoms with Crippen molar-refractivity contribution in [1.82, 2.24) is 23.9 Å². The Morgan fingerprint density at radius 1 is 1.11 bits per heavy atom. The third kappa shape index (κ3) is 2.07. The molecule has 5 aromatic rings. The Morgan fingerprint density at radius 2 is 1.96 bits per heavy atom. The maximum absolute atomic E-state index is 5.43. The number of aromatic amines is 1. The summed E-state index contributed by atoms with van der Waals surface area (Å²) in [6, 6.07) is 8.37. The van der Waals surface area contributed by atoms with E-state index in [4.69, 9.17) is 4.74 Å². The lowest BCUT2D eigenvalue weighted by atomic mass is 10.1. The minimum atomic E-state index is 0.582. The molecule has 0 bridgehead atoms. The molecule has 0 amide bonds. The molecule has 6 nitrogen and oxygen atoms in total. The molecule has 134 valence electrons. The molecule has 0 spiro atoms. The van der Waals surface area contributed by atoms with Crippen LogP contribution in [0, 0.1) is 0 Å². The number of aromatic nitrogens is 5. The van der Waals surface area contributed by atoms with Crippen LogP contribution in [0.25, 0.3) is 38.8 Å². The fraction of sp³-hybridized carbons (Fsp3) is 0.238. The molecule has 1 N–H and O–H groups in total. The maximum atomic E-state index is 5.43. The van der Waals surface area contributed by atoms with E-state index in [9.17, 15) is 0 Å². The first kappa shape index (κ1) is 14.8. The highest BCUT2D eigenvalue weighted by Crippen LogP contribution is 2.40. The van der Waals surface area contributed by atoms with Gasteiger partial charge in [-0.3, -0.25) is 4.40 Å². The van der Waals surface area contributed by atoms with Gasteiger partial charge >= 0.3 is 0 Å². The zero-order valence-electron chi connectivity index (χ0n) is 15.2. The van der Waals surface area contributed by atoms with E-state index >= 15 is 0 Å². The Hall–Kier alpha value is -3.28. The molecule has 0 unspecified atom stereocenters. The third-order valence-electron chi connectivity index (χ3n) is 5.59. The highest BCUT2D eigenvalue weighted by molar-refractivity contribution is 5.98. The van der Waals surface area contributed by atoms with Crippen LogP contribution < -0.4 is 4.74 Å². The van der Waals surface area contributed by atoms with Crippen molar-refractivity contribution in [2.75, 3.05) is 7.11 Å². The van der Waals surface area contributed by atoms with Crippen LogP contribution in [0.4, 0.5) is 0 Å². The Morgan fingerprint density at radius 3 is 2.78 bits per heavy atom. The van der Waals surface area contributed by atoms with Crippen LogP contribution in [0.2, 0.25) is 0 Å². The molecule has 1 saturated carbocycles. The molecular formula is C21H19N5O. The number of rotatable bonds is 3. The molecule has 1 aliphatic rings. The van der Waals surface area contributed by atoms with Crippen molar-refractivity contribution >= 4 is 27.6 Å². The van der Waals surface area contributed by atoms with Crippen molar-refractivity contribution in [2.45, 2.75) is 18.8 Å². The van der Waals surface area contributed by atoms with Crippen LogP contribution in [0.5, 0.6) is 5.75 Å². The summed E-state index contributed by atoms with van der Waals surface area (Å²) in [4.78, 5) is 12.8. The van der Waals surface area contributed by atoms with Gasteiger partial charge in [0.25, 0.3) is 0 Å². The van der Waals surface area contributed by atoms with Crippen molar-refractivity contribution in [1.29, 1.82) is 0 Å². The highest BCUT2D eigenvalue weighted by atomic mass is 16.5. The van der Waals surface area contributed by atoms with Gasteiger partial charge in [-0.15, -0.1) is 0 Å². The number of hydrogen-bond acceptors (Lipinski definition) is 3. The van der Waals surface area contributed by atoms with Crippen LogP contribution in [-0.4, -0.2) is 31.0 Å². The summed E-state index contributed by atoms with van der Waals surface area (Å²) in [6.07, 6.45) is 8.43. The summed E-state index contributed by atoms with van der Waals surface area (Å²) < 4.78 is 9.83. The van der Waals surface area contributed by atoms with Gasteiger partial charge in [0.1, 0.15) is 11.6 Å². The topological polar surface area (TPSA) is 60.1 Å². The molecule has 1 fully saturated rings. The molecule has 0 radical (unpaired) electrons. The largest absolute Gasteiger partial charge is 0.497 e. The third-order valence-corrected chi connectivity index (χ3v) is 5.59. The van der Waals surface area contributed by atoms with Crippen molar-refractivity contribution in [3.63, 3.8) is 0 Å². The lowest BCUT2D eigenvalue weighted by Crippen LogP contribution is -1.94. The second-order valence-corrected chi connectivity index (χ2v) is 7.36. The monoisotopic (exact) mass is 357 g/mol. The second-order valence-electron chi connectivity index (χ2n) is 7.36. The van der Waals surface area contributed by atoms with Crippen molar-refractivity contribution in [3.05, 3.63) is 48.7 Å². The first-order chi connectivity index (χ1) is 13.2. The molecular weight excluding hydrogens is 338 g/mol. The maximum Gasteiger partial charge on any atom is 0.154 e. The number of H-pyrrole nitrogens is 1. The lowest BCUT2D eigenvalue weighted by molar-refractivity contribution is 0.415. The van der Waals surface area contributed by atoms with Crippen molar-refractivity contribution < 1.29 is 4.74 Å². The predicted octanol–water partition coefficient (Wildman–Crippen LogP) is 4.26. The molecule has 0 atom stereocenters. The number of hydrogen-bond donors (Lipinski definition) is 1. The summed E-state index contributed by atoms with van der Waals surface area (Å²) in [7, 11) is 3.77. The van der Waals surface area contributed by atoms with Gasteiger partial charge in [0, 0.05) is 35.6 Å². The number of aryl methyl sites for hydroxylation is 1. The number of ether oxygens (including phenoxy) is 1. The quantitative estimate of drug-likeness (QED) is 0.525. The molecule has 1 aliphatic carbocycles. The van der Waals surface area contributed by atoms with E-state index in [1.807, 2.05) is 18.5 Å². The number of nitrogens with zero attached hydrogens (tertiary/aromatic N) is 4. The Kier molecular flexibility index (Phi) is 2.82. The van der Waals surface area contributed by atoms with E-state index in [0.29, 0.717) is 5.92 Å². The molecule has 0 saturated heterocycles. The van der Waals surface area contributed by atoms with E-state index in [1.54, 1.807) is 7.11 Å². The molecule has 4 aromatic heterocycles. The minimum absolute atomic E-state index is 0.582. The van der Waals surface area contributed by atoms with E-state index in [0.717, 1.165) is 44.9 Å². The standard InChI is InChI=1S/C21H19N5O/c1-25-11-16(15-7-14(27-2)5-6-18(15)25)17-8-19-20(24-17)22-9-13-10-23-21(26(13)19)12-3-4-12/h5-12,24H,3-4H2,1-2H3. The van der Waals surface area contributed by atoms with Crippen LogP contribution in [-0.2, 0) is 7.05 Å². The summed E-state index contributed by atoms with van der Waals surface area (Å²) in [5.74, 6) is 2.60. The molecule has 27 heavy (non-hydrogen) atoms. The fourth-order valence-corrected chi connectivity index (χ4v) is 4.05. The zero-order valence-corrected chi connectivity index (χ0v) is 15.2. The molecule has 0 aliphatic heterocycles. The zero-order chi connectivity index (χ0) is 18.1. The summed E-state index contributed by atoms with van der Waals surface area (Å²) in [5, 5.41) is 1.16. The van der Waals surface area contributed by atoms with Gasteiger partial charge in [-0.25, -0.2) is 9.97 Å². The molecule has 6 rings (SSSR count). The minimum Gasteiger partial charge on any atom is -0.497 e. The average molecular weight is 357 g/mol. The van der Waals surface area contributed by atoms with Crippen LogP contribution in [0.3, 0.4) is 0 Å². The van der Waals surface area contributed by atoms with E-state index in [-0.39, 0.29) is 0 Å². The first-order valence-electron chi connectivity index (χ1n) is 9.21. The summed E-state index contributed by atoms with van der Waals surface area (Å²) >= 11 is 0. The van der Waals surface area contributed by atoms with Gasteiger partial charge in [-0.2, -0.15) is 0 Å². The van der Waals surface area contributed by atoms with Gasteiger partial charge < -0.3 is 14.3 Å². The second kappa shape index (κ2) is 5.13. The number of fused-ring (bicyclic) bond motifs is 4. The SMILES string of the molecule is COc1ccc2c(c1)c(-c1cc3c(ncc4cnc(C5CC5)n43)[nH]1)cn2C. The van der Waals surface area contributed by atoms with Gasteiger partial charge in [0.05, 0.1) is 36.2 Å².